The number of hydrogen-bond acceptors (Lipinski definition) is 3. The Bertz CT molecular complexity index is 962. The lowest BCUT2D eigenvalue weighted by atomic mass is 10.1. The lowest BCUT2D eigenvalue weighted by Gasteiger charge is -2.11. The van der Waals surface area contributed by atoms with Gasteiger partial charge in [-0.05, 0) is 48.4 Å². The van der Waals surface area contributed by atoms with E-state index >= 15 is 0 Å². The van der Waals surface area contributed by atoms with Gasteiger partial charge in [0.1, 0.15) is 0 Å². The van der Waals surface area contributed by atoms with Crippen molar-refractivity contribution in [1.82, 2.24) is 5.32 Å². The molecule has 148 valence electrons. The molecular weight excluding hydrogens is 404 g/mol. The Morgan fingerprint density at radius 1 is 0.862 bits per heavy atom. The summed E-state index contributed by atoms with van der Waals surface area (Å²) in [5.74, 6) is -0.136. The van der Waals surface area contributed by atoms with Crippen molar-refractivity contribution in [2.75, 3.05) is 17.6 Å². The number of benzene rings is 3. The summed E-state index contributed by atoms with van der Waals surface area (Å²) in [6.45, 7) is 0.525. The first-order chi connectivity index (χ1) is 14.1. The highest BCUT2D eigenvalue weighted by Gasteiger charge is 2.13. The van der Waals surface area contributed by atoms with Gasteiger partial charge in [-0.3, -0.25) is 9.59 Å². The van der Waals surface area contributed by atoms with Crippen molar-refractivity contribution in [2.24, 2.45) is 0 Å². The van der Waals surface area contributed by atoms with Crippen molar-refractivity contribution in [1.29, 1.82) is 0 Å². The molecule has 3 aromatic carbocycles. The van der Waals surface area contributed by atoms with Gasteiger partial charge in [0.2, 0.25) is 5.91 Å². The Balaban J connectivity index is 1.54. The Hall–Kier alpha value is -2.76. The van der Waals surface area contributed by atoms with E-state index in [9.17, 15) is 9.59 Å². The molecule has 0 fully saturated rings. The van der Waals surface area contributed by atoms with Gasteiger partial charge in [0.05, 0.1) is 17.0 Å². The van der Waals surface area contributed by atoms with E-state index in [-0.39, 0.29) is 17.6 Å². The van der Waals surface area contributed by atoms with Crippen LogP contribution in [0.15, 0.2) is 83.8 Å². The third kappa shape index (κ3) is 6.66. The monoisotopic (exact) mass is 424 g/mol. The second kappa shape index (κ2) is 10.7. The first-order valence-corrected chi connectivity index (χ1v) is 10.6. The third-order valence-corrected chi connectivity index (χ3v) is 5.44. The molecule has 0 saturated carbocycles. The van der Waals surface area contributed by atoms with Crippen LogP contribution in [0.25, 0.3) is 0 Å². The highest BCUT2D eigenvalue weighted by Crippen LogP contribution is 2.21. The predicted octanol–water partition coefficient (Wildman–Crippen LogP) is 5.04. The number of rotatable bonds is 8. The Labute approximate surface area is 179 Å². The molecule has 0 radical (unpaired) electrons. The second-order valence-corrected chi connectivity index (χ2v) is 7.81. The van der Waals surface area contributed by atoms with Gasteiger partial charge in [0, 0.05) is 16.5 Å². The van der Waals surface area contributed by atoms with Gasteiger partial charge >= 0.3 is 0 Å². The maximum Gasteiger partial charge on any atom is 0.253 e. The summed E-state index contributed by atoms with van der Waals surface area (Å²) in [4.78, 5) is 25.9. The average Bonchev–Trinajstić information content (AvgIpc) is 2.74. The van der Waals surface area contributed by atoms with Gasteiger partial charge < -0.3 is 10.6 Å². The van der Waals surface area contributed by atoms with Gasteiger partial charge in [-0.1, -0.05) is 54.1 Å². The van der Waals surface area contributed by atoms with E-state index in [2.05, 4.69) is 10.6 Å². The molecule has 0 atom stereocenters. The van der Waals surface area contributed by atoms with Gasteiger partial charge in [-0.2, -0.15) is 0 Å². The van der Waals surface area contributed by atoms with Gasteiger partial charge in [0.25, 0.3) is 5.91 Å². The number of para-hydroxylation sites is 1. The van der Waals surface area contributed by atoms with E-state index in [1.54, 1.807) is 36.4 Å². The molecule has 0 heterocycles. The van der Waals surface area contributed by atoms with Crippen LogP contribution in [-0.4, -0.2) is 24.1 Å². The summed E-state index contributed by atoms with van der Waals surface area (Å²) in [7, 11) is 0. The zero-order valence-electron chi connectivity index (χ0n) is 15.7. The zero-order chi connectivity index (χ0) is 20.5. The largest absolute Gasteiger partial charge is 0.352 e. The normalized spacial score (nSPS) is 10.4. The van der Waals surface area contributed by atoms with E-state index in [1.807, 2.05) is 42.5 Å². The quantitative estimate of drug-likeness (QED) is 0.498. The summed E-state index contributed by atoms with van der Waals surface area (Å²) in [5.41, 5.74) is 2.12. The first-order valence-electron chi connectivity index (χ1n) is 9.21. The lowest BCUT2D eigenvalue weighted by Crippen LogP contribution is -2.27. The Kier molecular flexibility index (Phi) is 7.73. The molecule has 0 aliphatic carbocycles. The number of nitrogens with one attached hydrogen (secondary N) is 2. The molecule has 0 aliphatic rings. The minimum atomic E-state index is -0.206. The smallest absolute Gasteiger partial charge is 0.253 e. The summed E-state index contributed by atoms with van der Waals surface area (Å²) >= 11 is 7.28. The van der Waals surface area contributed by atoms with E-state index in [0.717, 1.165) is 16.9 Å². The fourth-order valence-corrected chi connectivity index (χ4v) is 3.54. The van der Waals surface area contributed by atoms with Crippen molar-refractivity contribution < 1.29 is 9.59 Å². The lowest BCUT2D eigenvalue weighted by molar-refractivity contribution is -0.113. The van der Waals surface area contributed by atoms with Crippen LogP contribution in [0.4, 0.5) is 5.69 Å². The fourth-order valence-electron chi connectivity index (χ4n) is 2.72. The molecule has 3 aromatic rings. The van der Waals surface area contributed by atoms with Crippen LogP contribution >= 0.6 is 23.4 Å². The molecular formula is C23H21ClN2O2S. The molecule has 0 aliphatic heterocycles. The summed E-state index contributed by atoms with van der Waals surface area (Å²) in [5, 5.41) is 6.41. The molecule has 0 unspecified atom stereocenters. The number of hydrogen-bond donors (Lipinski definition) is 2. The van der Waals surface area contributed by atoms with Crippen molar-refractivity contribution in [3.05, 3.63) is 95.0 Å². The molecule has 2 amide bonds. The standard InChI is InChI=1S/C23H21ClN2O2S/c24-18-10-12-19(13-11-18)29-16-22(27)26-21-9-5-4-8-20(21)23(28)25-15-14-17-6-2-1-3-7-17/h1-13H,14-16H2,(H,25,28)(H,26,27). The van der Waals surface area contributed by atoms with Crippen LogP contribution in [-0.2, 0) is 11.2 Å². The van der Waals surface area contributed by atoms with Crippen molar-refractivity contribution >= 4 is 40.9 Å². The Morgan fingerprint density at radius 2 is 1.55 bits per heavy atom. The number of halogens is 1. The molecule has 0 saturated heterocycles. The highest BCUT2D eigenvalue weighted by molar-refractivity contribution is 8.00. The van der Waals surface area contributed by atoms with E-state index in [1.165, 1.54) is 11.8 Å². The van der Waals surface area contributed by atoms with E-state index in [4.69, 9.17) is 11.6 Å². The number of thioether (sulfide) groups is 1. The van der Waals surface area contributed by atoms with Crippen molar-refractivity contribution in [3.63, 3.8) is 0 Å². The average molecular weight is 425 g/mol. The minimum Gasteiger partial charge on any atom is -0.352 e. The summed E-state index contributed by atoms with van der Waals surface area (Å²) in [6.07, 6.45) is 0.749. The molecule has 4 nitrogen and oxygen atoms in total. The topological polar surface area (TPSA) is 58.2 Å². The van der Waals surface area contributed by atoms with Crippen molar-refractivity contribution in [2.45, 2.75) is 11.3 Å². The van der Waals surface area contributed by atoms with E-state index < -0.39 is 0 Å². The van der Waals surface area contributed by atoms with Crippen LogP contribution < -0.4 is 10.6 Å². The van der Waals surface area contributed by atoms with Crippen LogP contribution in [0.2, 0.25) is 5.02 Å². The number of carbonyl (C=O) groups excluding carboxylic acids is 2. The fraction of sp³-hybridized carbons (Fsp3) is 0.130. The third-order valence-electron chi connectivity index (χ3n) is 4.17. The minimum absolute atomic E-state index is 0.172. The highest BCUT2D eigenvalue weighted by atomic mass is 35.5. The predicted molar refractivity (Wildman–Crippen MR) is 120 cm³/mol. The van der Waals surface area contributed by atoms with Gasteiger partial charge in [0.15, 0.2) is 0 Å². The van der Waals surface area contributed by atoms with Crippen LogP contribution in [0, 0.1) is 0 Å². The molecule has 29 heavy (non-hydrogen) atoms. The molecule has 0 aromatic heterocycles. The maximum atomic E-state index is 12.6. The van der Waals surface area contributed by atoms with Crippen LogP contribution in [0.3, 0.4) is 0 Å². The molecule has 0 bridgehead atoms. The summed E-state index contributed by atoms with van der Waals surface area (Å²) < 4.78 is 0. The maximum absolute atomic E-state index is 12.6. The molecule has 0 spiro atoms. The first kappa shape index (κ1) is 21.0. The molecule has 6 heteroatoms. The van der Waals surface area contributed by atoms with Gasteiger partial charge in [-0.25, -0.2) is 0 Å². The zero-order valence-corrected chi connectivity index (χ0v) is 17.3. The second-order valence-electron chi connectivity index (χ2n) is 6.33. The SMILES string of the molecule is O=C(CSc1ccc(Cl)cc1)Nc1ccccc1C(=O)NCCc1ccccc1. The van der Waals surface area contributed by atoms with E-state index in [0.29, 0.717) is 22.8 Å². The molecule has 3 rings (SSSR count). The number of carbonyl (C=O) groups is 2. The van der Waals surface area contributed by atoms with Gasteiger partial charge in [-0.15, -0.1) is 11.8 Å². The van der Waals surface area contributed by atoms with Crippen molar-refractivity contribution in [3.8, 4) is 0 Å². The van der Waals surface area contributed by atoms with Crippen LogP contribution in [0.5, 0.6) is 0 Å². The van der Waals surface area contributed by atoms with Crippen LogP contribution in [0.1, 0.15) is 15.9 Å². The molecule has 2 N–H and O–H groups in total. The Morgan fingerprint density at radius 3 is 2.31 bits per heavy atom. The number of anilines is 1. The summed E-state index contributed by atoms with van der Waals surface area (Å²) in [6, 6.07) is 24.3. The number of amides is 2.